The van der Waals surface area contributed by atoms with Crippen LogP contribution in [0.25, 0.3) is 17.0 Å². The summed E-state index contributed by atoms with van der Waals surface area (Å²) >= 11 is 0. The van der Waals surface area contributed by atoms with Crippen molar-refractivity contribution in [2.24, 2.45) is 5.73 Å². The van der Waals surface area contributed by atoms with E-state index in [0.717, 1.165) is 41.4 Å². The van der Waals surface area contributed by atoms with Crippen LogP contribution >= 0.6 is 0 Å². The average Bonchev–Trinajstić information content (AvgIpc) is 2.79. The van der Waals surface area contributed by atoms with E-state index in [2.05, 4.69) is 10.3 Å². The second-order valence-corrected chi connectivity index (χ2v) is 8.12. The lowest BCUT2D eigenvalue weighted by Crippen LogP contribution is -2.47. The van der Waals surface area contributed by atoms with Crippen LogP contribution < -0.4 is 11.1 Å². The van der Waals surface area contributed by atoms with Gasteiger partial charge in [-0.05, 0) is 67.3 Å². The van der Waals surface area contributed by atoms with Crippen LogP contribution in [0.1, 0.15) is 24.0 Å². The maximum Gasteiger partial charge on any atom is 0.130 e. The van der Waals surface area contributed by atoms with Gasteiger partial charge in [-0.2, -0.15) is 0 Å². The van der Waals surface area contributed by atoms with Crippen molar-refractivity contribution in [3.63, 3.8) is 0 Å². The van der Waals surface area contributed by atoms with Crippen LogP contribution in [0.5, 0.6) is 0 Å². The molecule has 1 saturated heterocycles. The predicted octanol–water partition coefficient (Wildman–Crippen LogP) is 4.37. The summed E-state index contributed by atoms with van der Waals surface area (Å²) in [5.41, 5.74) is 8.36. The normalized spacial score (nSPS) is 20.1. The van der Waals surface area contributed by atoms with Crippen molar-refractivity contribution in [1.82, 2.24) is 10.3 Å². The van der Waals surface area contributed by atoms with Gasteiger partial charge in [0.1, 0.15) is 17.5 Å². The first-order valence-corrected chi connectivity index (χ1v) is 10.7. The molecule has 0 spiro atoms. The van der Waals surface area contributed by atoms with Crippen molar-refractivity contribution in [2.75, 3.05) is 13.2 Å². The highest BCUT2D eigenvalue weighted by molar-refractivity contribution is 5.82. The van der Waals surface area contributed by atoms with Gasteiger partial charge < -0.3 is 15.8 Å². The van der Waals surface area contributed by atoms with Crippen LogP contribution in [0.4, 0.5) is 13.2 Å². The van der Waals surface area contributed by atoms with E-state index in [0.29, 0.717) is 19.6 Å². The molecule has 2 heterocycles. The van der Waals surface area contributed by atoms with E-state index in [9.17, 15) is 13.2 Å². The standard InChI is InChI=1S/C25H26F3N3O/c26-18-3-6-22(28)17(12-18)2-1-10-30-20-5-8-25(32-15-20)23(29)13-16-9-11-31-24-7-4-19(27)14-21(16)24/h1-4,6-7,9,11-12,14,20,23,25,30H,5,8,10,13,15,29H2/b2-1+/t20-,23-,25+/m1/s1. The summed E-state index contributed by atoms with van der Waals surface area (Å²) in [5, 5.41) is 4.12. The minimum Gasteiger partial charge on any atom is -0.375 e. The largest absolute Gasteiger partial charge is 0.375 e. The number of fused-ring (bicyclic) bond motifs is 1. The number of benzene rings is 2. The van der Waals surface area contributed by atoms with E-state index in [1.165, 1.54) is 18.2 Å². The molecular weight excluding hydrogens is 415 g/mol. The Balaban J connectivity index is 1.26. The van der Waals surface area contributed by atoms with Gasteiger partial charge in [0.05, 0.1) is 18.2 Å². The van der Waals surface area contributed by atoms with Gasteiger partial charge in [0, 0.05) is 35.8 Å². The number of nitrogens with one attached hydrogen (secondary N) is 1. The SMILES string of the molecule is N[C@H](Cc1ccnc2ccc(F)cc12)[C@@H]1CC[C@@H](NC/C=C/c2cc(F)ccc2F)CO1. The Kier molecular flexibility index (Phi) is 7.19. The third-order valence-corrected chi connectivity index (χ3v) is 5.82. The van der Waals surface area contributed by atoms with E-state index in [1.807, 2.05) is 6.07 Å². The zero-order valence-electron chi connectivity index (χ0n) is 17.6. The highest BCUT2D eigenvalue weighted by atomic mass is 19.1. The molecule has 3 aromatic rings. The maximum absolute atomic E-state index is 13.7. The third-order valence-electron chi connectivity index (χ3n) is 5.82. The van der Waals surface area contributed by atoms with Crippen molar-refractivity contribution < 1.29 is 17.9 Å². The van der Waals surface area contributed by atoms with Crippen LogP contribution in [-0.4, -0.2) is 36.3 Å². The van der Waals surface area contributed by atoms with Gasteiger partial charge in [0.2, 0.25) is 0 Å². The van der Waals surface area contributed by atoms with Gasteiger partial charge in [-0.25, -0.2) is 13.2 Å². The van der Waals surface area contributed by atoms with Crippen molar-refractivity contribution in [1.29, 1.82) is 0 Å². The van der Waals surface area contributed by atoms with E-state index in [-0.39, 0.29) is 29.6 Å². The first-order chi connectivity index (χ1) is 15.5. The lowest BCUT2D eigenvalue weighted by molar-refractivity contribution is -0.0156. The highest BCUT2D eigenvalue weighted by Gasteiger charge is 2.26. The number of pyridine rings is 1. The van der Waals surface area contributed by atoms with Gasteiger partial charge in [0.15, 0.2) is 0 Å². The average molecular weight is 441 g/mol. The zero-order valence-corrected chi connectivity index (χ0v) is 17.6. The van der Waals surface area contributed by atoms with Crippen LogP contribution in [-0.2, 0) is 11.2 Å². The molecule has 0 unspecified atom stereocenters. The highest BCUT2D eigenvalue weighted by Crippen LogP contribution is 2.23. The molecule has 2 aromatic carbocycles. The zero-order chi connectivity index (χ0) is 22.5. The summed E-state index contributed by atoms with van der Waals surface area (Å²) in [6, 6.07) is 9.79. The van der Waals surface area contributed by atoms with Crippen molar-refractivity contribution >= 4 is 17.0 Å². The van der Waals surface area contributed by atoms with Gasteiger partial charge in [0.25, 0.3) is 0 Å². The predicted molar refractivity (Wildman–Crippen MR) is 120 cm³/mol. The van der Waals surface area contributed by atoms with Crippen molar-refractivity contribution in [3.05, 3.63) is 83.3 Å². The molecule has 32 heavy (non-hydrogen) atoms. The van der Waals surface area contributed by atoms with Crippen LogP contribution in [0, 0.1) is 17.5 Å². The Labute approximate surface area is 185 Å². The summed E-state index contributed by atoms with van der Waals surface area (Å²) in [6.07, 6.45) is 7.24. The number of hydrogen-bond donors (Lipinski definition) is 2. The first-order valence-electron chi connectivity index (χ1n) is 10.7. The number of ether oxygens (including phenoxy) is 1. The molecule has 0 radical (unpaired) electrons. The molecule has 0 bridgehead atoms. The number of nitrogens with two attached hydrogens (primary N) is 1. The Morgan fingerprint density at radius 2 is 1.91 bits per heavy atom. The molecule has 3 N–H and O–H groups in total. The fraction of sp³-hybridized carbons (Fsp3) is 0.320. The molecule has 0 aliphatic carbocycles. The van der Waals surface area contributed by atoms with Crippen LogP contribution in [0.15, 0.2) is 54.7 Å². The topological polar surface area (TPSA) is 60.2 Å². The second kappa shape index (κ2) is 10.3. The van der Waals surface area contributed by atoms with E-state index < -0.39 is 11.6 Å². The summed E-state index contributed by atoms with van der Waals surface area (Å²) in [6.45, 7) is 1.04. The second-order valence-electron chi connectivity index (χ2n) is 8.12. The van der Waals surface area contributed by atoms with E-state index in [1.54, 1.807) is 24.4 Å². The Hall–Kier alpha value is -2.74. The van der Waals surface area contributed by atoms with Crippen LogP contribution in [0.3, 0.4) is 0 Å². The Bertz CT molecular complexity index is 1100. The van der Waals surface area contributed by atoms with Gasteiger partial charge >= 0.3 is 0 Å². The molecule has 0 amide bonds. The van der Waals surface area contributed by atoms with Crippen molar-refractivity contribution in [3.8, 4) is 0 Å². The van der Waals surface area contributed by atoms with E-state index >= 15 is 0 Å². The van der Waals surface area contributed by atoms with Crippen LogP contribution in [0.2, 0.25) is 0 Å². The fourth-order valence-corrected chi connectivity index (χ4v) is 4.07. The summed E-state index contributed by atoms with van der Waals surface area (Å²) in [4.78, 5) is 4.28. The minimum atomic E-state index is -0.466. The Morgan fingerprint density at radius 1 is 1.09 bits per heavy atom. The summed E-state index contributed by atoms with van der Waals surface area (Å²) in [5.74, 6) is -1.21. The lowest BCUT2D eigenvalue weighted by Gasteiger charge is -2.33. The third kappa shape index (κ3) is 5.54. The monoisotopic (exact) mass is 441 g/mol. The van der Waals surface area contributed by atoms with E-state index in [4.69, 9.17) is 10.5 Å². The van der Waals surface area contributed by atoms with Crippen molar-refractivity contribution in [2.45, 2.75) is 37.5 Å². The molecule has 4 rings (SSSR count). The number of aromatic nitrogens is 1. The lowest BCUT2D eigenvalue weighted by atomic mass is 9.94. The number of rotatable bonds is 7. The van der Waals surface area contributed by atoms with Gasteiger partial charge in [-0.1, -0.05) is 12.2 Å². The minimum absolute atomic E-state index is 0.0817. The maximum atomic E-state index is 13.7. The molecule has 1 aromatic heterocycles. The quantitative estimate of drug-likeness (QED) is 0.572. The molecule has 7 heteroatoms. The molecule has 4 nitrogen and oxygen atoms in total. The van der Waals surface area contributed by atoms with Gasteiger partial charge in [-0.15, -0.1) is 0 Å². The smallest absolute Gasteiger partial charge is 0.130 e. The molecule has 168 valence electrons. The first kappa shape index (κ1) is 22.5. The van der Waals surface area contributed by atoms with Gasteiger partial charge in [-0.3, -0.25) is 4.98 Å². The molecular formula is C25H26F3N3O. The fourth-order valence-electron chi connectivity index (χ4n) is 4.07. The number of nitrogens with zero attached hydrogens (tertiary/aromatic N) is 1. The molecule has 1 aliphatic rings. The molecule has 3 atom stereocenters. The number of halogens is 3. The Morgan fingerprint density at radius 3 is 2.72 bits per heavy atom. The summed E-state index contributed by atoms with van der Waals surface area (Å²) < 4.78 is 46.5. The molecule has 1 fully saturated rings. The summed E-state index contributed by atoms with van der Waals surface area (Å²) in [7, 11) is 0. The number of hydrogen-bond acceptors (Lipinski definition) is 4. The molecule has 0 saturated carbocycles. The molecule has 1 aliphatic heterocycles.